The average molecular weight is 1640 g/mol. The van der Waals surface area contributed by atoms with Gasteiger partial charge in [-0.3, -0.25) is 33.3 Å². The Kier molecular flexibility index (Phi) is 74.7. The molecule has 1 aliphatic rings. The van der Waals surface area contributed by atoms with Gasteiger partial charge in [0.05, 0.1) is 45.1 Å². The van der Waals surface area contributed by atoms with E-state index in [1.54, 1.807) is 0 Å². The van der Waals surface area contributed by atoms with Crippen LogP contribution in [0.4, 0.5) is 0 Å². The lowest BCUT2D eigenvalue weighted by Gasteiger charge is -2.45. The number of hydrogen-bond acceptors (Lipinski definition) is 16. The predicted octanol–water partition coefficient (Wildman–Crippen LogP) is 23.8. The number of carbonyl (C=O) groups excluding carboxylic acids is 6. The fourth-order valence-electron chi connectivity index (χ4n) is 15.6. The summed E-state index contributed by atoms with van der Waals surface area (Å²) in [6.45, 7) is 11.1. The van der Waals surface area contributed by atoms with Crippen LogP contribution in [0.1, 0.15) is 485 Å². The molecule has 672 valence electrons. The highest BCUT2D eigenvalue weighted by Crippen LogP contribution is 2.43. The van der Waals surface area contributed by atoms with Crippen molar-refractivity contribution in [3.8, 4) is 0 Å². The molecule has 9 atom stereocenters. The van der Waals surface area contributed by atoms with Crippen LogP contribution in [0.3, 0.4) is 0 Å². The molecule has 20 nitrogen and oxygen atoms in total. The van der Waals surface area contributed by atoms with Crippen LogP contribution in [0.15, 0.2) is 0 Å². The summed E-state index contributed by atoms with van der Waals surface area (Å²) < 4.78 is 55.8. The fourth-order valence-corrected chi connectivity index (χ4v) is 16.2. The summed E-state index contributed by atoms with van der Waals surface area (Å²) in [5.41, 5.74) is 0. The number of esters is 4. The number of phosphoric ester groups is 1. The highest BCUT2D eigenvalue weighted by Gasteiger charge is 2.52. The molecule has 1 aliphatic heterocycles. The number of phosphoric acid groups is 1. The van der Waals surface area contributed by atoms with Gasteiger partial charge in [0.25, 0.3) is 0 Å². The zero-order valence-electron chi connectivity index (χ0n) is 74.1. The summed E-state index contributed by atoms with van der Waals surface area (Å²) in [5, 5.41) is 27.7. The van der Waals surface area contributed by atoms with Gasteiger partial charge in [-0.15, -0.1) is 0 Å². The molecular weight excluding hydrogens is 1460 g/mol. The Bertz CT molecular complexity index is 2300. The quantitative estimate of drug-likeness (QED) is 0.0143. The minimum absolute atomic E-state index is 0.154. The first kappa shape index (κ1) is 109. The van der Waals surface area contributed by atoms with E-state index in [9.17, 15) is 53.3 Å². The number of aliphatic hydroxyl groups is 2. The summed E-state index contributed by atoms with van der Waals surface area (Å²) in [6, 6.07) is -2.81. The van der Waals surface area contributed by atoms with Crippen LogP contribution >= 0.6 is 7.82 Å². The summed E-state index contributed by atoms with van der Waals surface area (Å²) in [6.07, 6.45) is 56.3. The molecule has 0 spiro atoms. The van der Waals surface area contributed by atoms with Crippen molar-refractivity contribution in [3.05, 3.63) is 0 Å². The molecule has 1 rings (SSSR count). The van der Waals surface area contributed by atoms with Gasteiger partial charge in [-0.25, -0.2) is 4.57 Å². The van der Waals surface area contributed by atoms with Gasteiger partial charge in [0.15, 0.2) is 12.4 Å². The van der Waals surface area contributed by atoms with Crippen LogP contribution in [-0.2, 0) is 66.3 Å². The van der Waals surface area contributed by atoms with E-state index in [4.69, 9.17) is 32.9 Å². The van der Waals surface area contributed by atoms with Gasteiger partial charge in [-0.05, 0) is 57.8 Å². The molecule has 1 saturated heterocycles. The molecule has 114 heavy (non-hydrogen) atoms. The molecular formula is C93H177N2O18P. The number of hydrogen-bond donors (Lipinski definition) is 6. The van der Waals surface area contributed by atoms with Crippen molar-refractivity contribution in [2.24, 2.45) is 0 Å². The van der Waals surface area contributed by atoms with E-state index in [2.05, 4.69) is 52.2 Å². The van der Waals surface area contributed by atoms with Crippen molar-refractivity contribution in [1.29, 1.82) is 0 Å². The Labute approximate surface area is 696 Å². The van der Waals surface area contributed by atoms with Crippen LogP contribution in [0.25, 0.3) is 0 Å². The second-order valence-electron chi connectivity index (χ2n) is 33.8. The summed E-state index contributed by atoms with van der Waals surface area (Å²) in [7, 11) is -5.53. The maximum Gasteiger partial charge on any atom is 0.470 e. The van der Waals surface area contributed by atoms with Gasteiger partial charge in [0.2, 0.25) is 11.8 Å². The Balaban J connectivity index is 3.78. The topological polar surface area (TPSA) is 289 Å². The number of nitrogens with one attached hydrogen (secondary N) is 2. The maximum absolute atomic E-state index is 15.0. The maximum atomic E-state index is 15.0. The Morgan fingerprint density at radius 1 is 0.351 bits per heavy atom. The molecule has 2 amide bonds. The van der Waals surface area contributed by atoms with Crippen molar-refractivity contribution in [2.45, 2.75) is 540 Å². The number of unbranched alkanes of at least 4 members (excludes halogenated alkanes) is 54. The molecule has 0 bridgehead atoms. The van der Waals surface area contributed by atoms with E-state index in [-0.39, 0.29) is 38.1 Å². The first-order valence-electron chi connectivity index (χ1n) is 48.1. The van der Waals surface area contributed by atoms with Gasteiger partial charge in [-0.1, -0.05) is 388 Å². The molecule has 0 aromatic carbocycles. The normalized spacial score (nSPS) is 16.8. The lowest BCUT2D eigenvalue weighted by atomic mass is 9.95. The van der Waals surface area contributed by atoms with E-state index < -0.39 is 119 Å². The van der Waals surface area contributed by atoms with Crippen LogP contribution in [-0.4, -0.2) is 131 Å². The third-order valence-electron chi connectivity index (χ3n) is 22.7. The number of amides is 2. The summed E-state index contributed by atoms with van der Waals surface area (Å²) in [4.78, 5) is 106. The van der Waals surface area contributed by atoms with E-state index in [1.807, 2.05) is 0 Å². The van der Waals surface area contributed by atoms with Crippen molar-refractivity contribution >= 4 is 43.5 Å². The molecule has 0 unspecified atom stereocenters. The van der Waals surface area contributed by atoms with Gasteiger partial charge < -0.3 is 59.1 Å². The first-order chi connectivity index (χ1) is 55.5. The smallest absolute Gasteiger partial charge is 0.462 e. The fraction of sp³-hybridized carbons (Fsp3) is 0.935. The number of aliphatic hydroxyl groups excluding tert-OH is 2. The van der Waals surface area contributed by atoms with Gasteiger partial charge in [0.1, 0.15) is 36.6 Å². The number of rotatable bonds is 85. The Morgan fingerprint density at radius 3 is 0.904 bits per heavy atom. The minimum atomic E-state index is -5.53. The van der Waals surface area contributed by atoms with Crippen molar-refractivity contribution < 1.29 is 86.3 Å². The van der Waals surface area contributed by atoms with E-state index >= 15 is 0 Å². The van der Waals surface area contributed by atoms with Crippen LogP contribution < -0.4 is 10.6 Å². The SMILES string of the molecule is CCCCCCCCCCCCCC(=O)O[C@H](CCCCCCCCCCC)CC(=O)N[C@H](CO)CO[C@@H]1O[C@H](CO)[C@@H](OP(=O)(O)O)[C@@H](OC(=O)C[C@@H](CCCCCCCCCCC)OC(=O)CCCCCCCCCCCCC)[C@H]1NC(=O)C[C@@H](CCCCCCCCCCC)OC(=O)CCCCCCCCCCCCC. The molecule has 0 aliphatic carbocycles. The average Bonchev–Trinajstić information content (AvgIpc) is 0.780. The monoisotopic (exact) mass is 1640 g/mol. The molecule has 21 heteroatoms. The lowest BCUT2D eigenvalue weighted by Crippen LogP contribution is -2.66. The Hall–Kier alpha value is -3.23. The van der Waals surface area contributed by atoms with Crippen molar-refractivity contribution in [2.75, 3.05) is 19.8 Å². The van der Waals surface area contributed by atoms with E-state index in [0.717, 1.165) is 173 Å². The molecule has 1 heterocycles. The third kappa shape index (κ3) is 65.6. The van der Waals surface area contributed by atoms with Crippen LogP contribution in [0.2, 0.25) is 0 Å². The van der Waals surface area contributed by atoms with E-state index in [0.29, 0.717) is 51.4 Å². The Morgan fingerprint density at radius 2 is 0.623 bits per heavy atom. The molecule has 0 aromatic rings. The third-order valence-corrected chi connectivity index (χ3v) is 23.2. The highest BCUT2D eigenvalue weighted by atomic mass is 31.2. The molecule has 0 saturated carbocycles. The van der Waals surface area contributed by atoms with Crippen LogP contribution in [0.5, 0.6) is 0 Å². The first-order valence-corrected chi connectivity index (χ1v) is 49.6. The lowest BCUT2D eigenvalue weighted by molar-refractivity contribution is -0.272. The van der Waals surface area contributed by atoms with Crippen molar-refractivity contribution in [3.63, 3.8) is 0 Å². The zero-order valence-corrected chi connectivity index (χ0v) is 75.0. The second-order valence-corrected chi connectivity index (χ2v) is 35.0. The standard InChI is InChI=1S/C93H177N2O18P/c1-7-13-19-25-31-37-40-46-52-58-64-70-86(100)108-80(67-61-55-49-43-34-28-22-16-10-4)73-84(98)94-79(76-96)78-107-93-90(95-85(99)74-81(68-62-56-50-44-35-29-23-17-11-5)109-87(101)71-65-59-53-47-41-38-32-26-20-14-8-2)92(91(83(77-97)111-93)113-114(104,105)106)112-89(103)75-82(69-63-57-51-45-36-30-24-18-12-6)110-88(102)72-66-60-54-48-42-39-33-27-21-15-9-3/h79-83,90-93,96-97H,7-78H2,1-6H3,(H,94,98)(H,95,99)(H2,104,105,106)/t79-,80-,81-,82-,83-,90-,91-,92+,93-/m1/s1. The minimum Gasteiger partial charge on any atom is -0.462 e. The molecule has 0 aromatic heterocycles. The molecule has 6 N–H and O–H groups in total. The highest BCUT2D eigenvalue weighted by molar-refractivity contribution is 7.46. The van der Waals surface area contributed by atoms with Crippen LogP contribution in [0, 0.1) is 0 Å². The number of carbonyl (C=O) groups is 6. The predicted molar refractivity (Wildman–Crippen MR) is 462 cm³/mol. The zero-order chi connectivity index (χ0) is 83.4. The second kappa shape index (κ2) is 78.3. The summed E-state index contributed by atoms with van der Waals surface area (Å²) in [5.74, 6) is -3.47. The molecule has 0 radical (unpaired) electrons. The largest absolute Gasteiger partial charge is 0.470 e. The number of ether oxygens (including phenoxy) is 6. The molecule has 1 fully saturated rings. The van der Waals surface area contributed by atoms with E-state index in [1.165, 1.54) is 180 Å². The van der Waals surface area contributed by atoms with Gasteiger partial charge in [0, 0.05) is 19.3 Å². The van der Waals surface area contributed by atoms with Gasteiger partial charge >= 0.3 is 31.7 Å². The summed E-state index contributed by atoms with van der Waals surface area (Å²) >= 11 is 0. The van der Waals surface area contributed by atoms with Crippen molar-refractivity contribution in [1.82, 2.24) is 10.6 Å². The van der Waals surface area contributed by atoms with Gasteiger partial charge in [-0.2, -0.15) is 0 Å².